The van der Waals surface area contributed by atoms with Crippen LogP contribution in [-0.4, -0.2) is 50.6 Å². The van der Waals surface area contributed by atoms with Gasteiger partial charge in [-0.25, -0.2) is 9.37 Å². The van der Waals surface area contributed by atoms with Crippen molar-refractivity contribution < 1.29 is 19.1 Å². The van der Waals surface area contributed by atoms with Gasteiger partial charge < -0.3 is 15.3 Å². The number of rotatable bonds is 4. The maximum atomic E-state index is 13.4. The van der Waals surface area contributed by atoms with E-state index in [4.69, 9.17) is 0 Å². The van der Waals surface area contributed by atoms with E-state index in [1.165, 1.54) is 12.1 Å². The summed E-state index contributed by atoms with van der Waals surface area (Å²) < 4.78 is 15.3. The number of hydrogen-bond donors (Lipinski definition) is 2. The zero-order chi connectivity index (χ0) is 24.5. The first-order valence-electron chi connectivity index (χ1n) is 11.5. The topological polar surface area (TPSA) is 87.5 Å². The van der Waals surface area contributed by atoms with E-state index in [2.05, 4.69) is 10.3 Å². The Morgan fingerprint density at radius 2 is 1.63 bits per heavy atom. The second-order valence-corrected chi connectivity index (χ2v) is 8.73. The molecular weight excluding hydrogens is 447 g/mol. The number of likely N-dealkylation sites (tertiary alicyclic amines) is 1. The molecule has 0 atom stereocenters. The SMILES string of the molecule is Cc1nc2ccc(C(=O)Nc3ccc(C(=O)N4CCC(O)CC4)cc3)cc2n1-c1ccc(F)cc1. The van der Waals surface area contributed by atoms with Gasteiger partial charge in [-0.1, -0.05) is 0 Å². The quantitative estimate of drug-likeness (QED) is 0.463. The highest BCUT2D eigenvalue weighted by Gasteiger charge is 2.22. The van der Waals surface area contributed by atoms with E-state index >= 15 is 0 Å². The molecule has 4 aromatic rings. The number of aromatic nitrogens is 2. The summed E-state index contributed by atoms with van der Waals surface area (Å²) in [4.78, 5) is 31.9. The molecule has 0 spiro atoms. The van der Waals surface area contributed by atoms with Gasteiger partial charge in [0.1, 0.15) is 11.6 Å². The molecule has 0 bridgehead atoms. The van der Waals surface area contributed by atoms with Gasteiger partial charge in [0.15, 0.2) is 0 Å². The molecule has 1 aromatic heterocycles. The van der Waals surface area contributed by atoms with Crippen molar-refractivity contribution in [3.05, 3.63) is 89.5 Å². The van der Waals surface area contributed by atoms with E-state index in [9.17, 15) is 19.1 Å². The van der Waals surface area contributed by atoms with Gasteiger partial charge in [-0.2, -0.15) is 0 Å². The van der Waals surface area contributed by atoms with Crippen molar-refractivity contribution in [3.63, 3.8) is 0 Å². The Morgan fingerprint density at radius 3 is 2.31 bits per heavy atom. The van der Waals surface area contributed by atoms with Crippen molar-refractivity contribution >= 4 is 28.5 Å². The number of aliphatic hydroxyl groups excluding tert-OH is 1. The Bertz CT molecular complexity index is 1390. The number of anilines is 1. The molecule has 5 rings (SSSR count). The van der Waals surface area contributed by atoms with E-state index in [0.29, 0.717) is 42.7 Å². The van der Waals surface area contributed by atoms with Crippen LogP contribution in [-0.2, 0) is 0 Å². The van der Waals surface area contributed by atoms with Gasteiger partial charge >= 0.3 is 0 Å². The third-order valence-corrected chi connectivity index (χ3v) is 6.31. The minimum absolute atomic E-state index is 0.0790. The number of nitrogens with one attached hydrogen (secondary N) is 1. The molecule has 35 heavy (non-hydrogen) atoms. The van der Waals surface area contributed by atoms with Crippen molar-refractivity contribution in [1.82, 2.24) is 14.5 Å². The number of hydrogen-bond acceptors (Lipinski definition) is 4. The van der Waals surface area contributed by atoms with Crippen LogP contribution in [0.1, 0.15) is 39.4 Å². The number of piperidine rings is 1. The number of aryl methyl sites for hydroxylation is 1. The van der Waals surface area contributed by atoms with E-state index in [1.54, 1.807) is 59.5 Å². The lowest BCUT2D eigenvalue weighted by Crippen LogP contribution is -2.40. The fourth-order valence-corrected chi connectivity index (χ4v) is 4.40. The summed E-state index contributed by atoms with van der Waals surface area (Å²) in [6.07, 6.45) is 0.835. The molecule has 2 heterocycles. The molecule has 2 amide bonds. The lowest BCUT2D eigenvalue weighted by molar-refractivity contribution is 0.0546. The first-order valence-corrected chi connectivity index (χ1v) is 11.5. The van der Waals surface area contributed by atoms with Gasteiger partial charge in [-0.05, 0) is 86.5 Å². The maximum Gasteiger partial charge on any atom is 0.255 e. The van der Waals surface area contributed by atoms with Crippen LogP contribution in [0, 0.1) is 12.7 Å². The largest absolute Gasteiger partial charge is 0.393 e. The molecule has 0 aliphatic carbocycles. The van der Waals surface area contributed by atoms with Crippen LogP contribution in [0.4, 0.5) is 10.1 Å². The number of amides is 2. The zero-order valence-electron chi connectivity index (χ0n) is 19.2. The number of nitrogens with zero attached hydrogens (tertiary/aromatic N) is 3. The van der Waals surface area contributed by atoms with Crippen LogP contribution in [0.3, 0.4) is 0 Å². The normalized spacial score (nSPS) is 14.3. The van der Waals surface area contributed by atoms with Gasteiger partial charge in [0.25, 0.3) is 11.8 Å². The third kappa shape index (κ3) is 4.65. The Kier molecular flexibility index (Phi) is 6.05. The van der Waals surface area contributed by atoms with Crippen LogP contribution in [0.15, 0.2) is 66.7 Å². The lowest BCUT2D eigenvalue weighted by Gasteiger charge is -2.29. The molecule has 0 saturated carbocycles. The predicted molar refractivity (Wildman–Crippen MR) is 131 cm³/mol. The number of benzene rings is 3. The summed E-state index contributed by atoms with van der Waals surface area (Å²) in [5.74, 6) is 0.0381. The monoisotopic (exact) mass is 472 g/mol. The summed E-state index contributed by atoms with van der Waals surface area (Å²) >= 11 is 0. The fourth-order valence-electron chi connectivity index (χ4n) is 4.40. The third-order valence-electron chi connectivity index (χ3n) is 6.31. The summed E-state index contributed by atoms with van der Waals surface area (Å²) in [7, 11) is 0. The second kappa shape index (κ2) is 9.31. The molecular formula is C27H25FN4O3. The summed E-state index contributed by atoms with van der Waals surface area (Å²) in [5.41, 5.74) is 3.80. The van der Waals surface area contributed by atoms with Crippen LogP contribution in [0.25, 0.3) is 16.7 Å². The van der Waals surface area contributed by atoms with Crippen LogP contribution >= 0.6 is 0 Å². The molecule has 1 aliphatic rings. The Balaban J connectivity index is 1.34. The summed E-state index contributed by atoms with van der Waals surface area (Å²) in [6.45, 7) is 2.93. The van der Waals surface area contributed by atoms with Crippen molar-refractivity contribution in [2.75, 3.05) is 18.4 Å². The molecule has 178 valence electrons. The number of halogens is 1. The number of imidazole rings is 1. The van der Waals surface area contributed by atoms with Gasteiger partial charge in [0, 0.05) is 35.6 Å². The highest BCUT2D eigenvalue weighted by atomic mass is 19.1. The molecule has 3 aromatic carbocycles. The predicted octanol–water partition coefficient (Wildman–Crippen LogP) is 4.32. The van der Waals surface area contributed by atoms with Crippen LogP contribution in [0.5, 0.6) is 0 Å². The fraction of sp³-hybridized carbons (Fsp3) is 0.222. The standard InChI is InChI=1S/C27H25FN4O3/c1-17-29-24-11-4-19(16-25(24)32(17)22-9-5-20(28)6-10-22)26(34)30-21-7-2-18(3-8-21)27(35)31-14-12-23(33)13-15-31/h2-11,16,23,33H,12-15H2,1H3,(H,30,34). The van der Waals surface area contributed by atoms with E-state index in [0.717, 1.165) is 22.5 Å². The van der Waals surface area contributed by atoms with E-state index in [-0.39, 0.29) is 23.7 Å². The maximum absolute atomic E-state index is 13.4. The smallest absolute Gasteiger partial charge is 0.255 e. The number of carbonyl (C=O) groups is 2. The Hall–Kier alpha value is -4.04. The van der Waals surface area contributed by atoms with Crippen LogP contribution in [0.2, 0.25) is 0 Å². The molecule has 0 unspecified atom stereocenters. The van der Waals surface area contributed by atoms with E-state index < -0.39 is 0 Å². The number of aliphatic hydroxyl groups is 1. The van der Waals surface area contributed by atoms with Crippen molar-refractivity contribution in [3.8, 4) is 5.69 Å². The van der Waals surface area contributed by atoms with Gasteiger partial charge in [-0.3, -0.25) is 14.2 Å². The molecule has 8 heteroatoms. The molecule has 1 saturated heterocycles. The van der Waals surface area contributed by atoms with Crippen molar-refractivity contribution in [2.45, 2.75) is 25.9 Å². The van der Waals surface area contributed by atoms with E-state index in [1.807, 2.05) is 11.5 Å². The first kappa shape index (κ1) is 22.7. The summed E-state index contributed by atoms with van der Waals surface area (Å²) in [6, 6.07) is 18.2. The van der Waals surface area contributed by atoms with Crippen molar-refractivity contribution in [2.24, 2.45) is 0 Å². The molecule has 1 aliphatic heterocycles. The van der Waals surface area contributed by atoms with Gasteiger partial charge in [0.05, 0.1) is 17.1 Å². The van der Waals surface area contributed by atoms with Crippen molar-refractivity contribution in [1.29, 1.82) is 0 Å². The minimum atomic E-state index is -0.339. The van der Waals surface area contributed by atoms with Crippen LogP contribution < -0.4 is 5.32 Å². The Labute approximate surface area is 201 Å². The van der Waals surface area contributed by atoms with Gasteiger partial charge in [0.2, 0.25) is 0 Å². The lowest BCUT2D eigenvalue weighted by atomic mass is 10.1. The summed E-state index contributed by atoms with van der Waals surface area (Å²) in [5, 5.41) is 12.5. The number of carbonyl (C=O) groups excluding carboxylic acids is 2. The minimum Gasteiger partial charge on any atom is -0.393 e. The zero-order valence-corrected chi connectivity index (χ0v) is 19.2. The average Bonchev–Trinajstić information content (AvgIpc) is 3.20. The average molecular weight is 473 g/mol. The Morgan fingerprint density at radius 1 is 0.971 bits per heavy atom. The first-order chi connectivity index (χ1) is 16.9. The molecule has 7 nitrogen and oxygen atoms in total. The van der Waals surface area contributed by atoms with Gasteiger partial charge in [-0.15, -0.1) is 0 Å². The molecule has 1 fully saturated rings. The molecule has 2 N–H and O–H groups in total. The highest BCUT2D eigenvalue weighted by Crippen LogP contribution is 2.24. The molecule has 0 radical (unpaired) electrons. The highest BCUT2D eigenvalue weighted by molar-refractivity contribution is 6.06. The number of fused-ring (bicyclic) bond motifs is 1. The second-order valence-electron chi connectivity index (χ2n) is 8.73.